The minimum Gasteiger partial charge on any atom is -0.398 e. The highest BCUT2D eigenvalue weighted by Crippen LogP contribution is 2.31. The Morgan fingerprint density at radius 3 is 2.60 bits per heavy atom. The summed E-state index contributed by atoms with van der Waals surface area (Å²) in [6, 6.07) is 2.64. The summed E-state index contributed by atoms with van der Waals surface area (Å²) >= 11 is 0. The number of hydrogen-bond donors (Lipinski definition) is 2. The van der Waals surface area contributed by atoms with Crippen LogP contribution in [-0.2, 0) is 10.9 Å². The van der Waals surface area contributed by atoms with Crippen molar-refractivity contribution >= 4 is 11.6 Å². The second kappa shape index (κ2) is 5.32. The zero-order valence-electron chi connectivity index (χ0n) is 10.8. The van der Waals surface area contributed by atoms with Crippen molar-refractivity contribution in [2.24, 2.45) is 0 Å². The predicted molar refractivity (Wildman–Crippen MR) is 67.1 cm³/mol. The molecule has 0 aliphatic heterocycles. The van der Waals surface area contributed by atoms with Gasteiger partial charge in [0, 0.05) is 18.8 Å². The van der Waals surface area contributed by atoms with Crippen molar-refractivity contribution in [2.45, 2.75) is 31.2 Å². The standard InChI is InChI=1S/C13H15F3N2O2/c1-20-9-5-8(6-9)18-12(19)10-4-7(13(14,15)16)2-3-11(10)17/h2-4,8-9H,5-6,17H2,1H3,(H,18,19). The maximum absolute atomic E-state index is 12.6. The van der Waals surface area contributed by atoms with Crippen molar-refractivity contribution in [2.75, 3.05) is 12.8 Å². The number of nitrogen functional groups attached to an aromatic ring is 1. The Morgan fingerprint density at radius 1 is 1.40 bits per heavy atom. The quantitative estimate of drug-likeness (QED) is 0.838. The molecule has 0 unspecified atom stereocenters. The molecule has 1 aliphatic carbocycles. The lowest BCUT2D eigenvalue weighted by molar-refractivity contribution is -0.137. The second-order valence-electron chi connectivity index (χ2n) is 4.80. The first kappa shape index (κ1) is 14.6. The number of carbonyl (C=O) groups excluding carboxylic acids is 1. The van der Waals surface area contributed by atoms with Gasteiger partial charge in [-0.25, -0.2) is 0 Å². The first-order valence-corrected chi connectivity index (χ1v) is 6.11. The maximum Gasteiger partial charge on any atom is 0.416 e. The molecule has 0 aromatic heterocycles. The van der Waals surface area contributed by atoms with Gasteiger partial charge in [-0.1, -0.05) is 0 Å². The van der Waals surface area contributed by atoms with Crippen LogP contribution in [0.3, 0.4) is 0 Å². The molecular formula is C13H15F3N2O2. The monoisotopic (exact) mass is 288 g/mol. The smallest absolute Gasteiger partial charge is 0.398 e. The molecule has 1 saturated carbocycles. The first-order valence-electron chi connectivity index (χ1n) is 6.11. The van der Waals surface area contributed by atoms with Crippen LogP contribution < -0.4 is 11.1 Å². The summed E-state index contributed by atoms with van der Waals surface area (Å²) < 4.78 is 42.9. The number of rotatable bonds is 3. The van der Waals surface area contributed by atoms with Crippen LogP contribution in [0.25, 0.3) is 0 Å². The average molecular weight is 288 g/mol. The summed E-state index contributed by atoms with van der Waals surface area (Å²) in [5.41, 5.74) is 4.55. The second-order valence-corrected chi connectivity index (χ2v) is 4.80. The van der Waals surface area contributed by atoms with Gasteiger partial charge in [-0.15, -0.1) is 0 Å². The lowest BCUT2D eigenvalue weighted by Gasteiger charge is -2.34. The minimum absolute atomic E-state index is 0.0260. The van der Waals surface area contributed by atoms with Gasteiger partial charge >= 0.3 is 6.18 Å². The summed E-state index contributed by atoms with van der Waals surface area (Å²) in [6.07, 6.45) is -3.10. The van der Waals surface area contributed by atoms with Gasteiger partial charge in [-0.05, 0) is 31.0 Å². The Kier molecular flexibility index (Phi) is 3.89. The van der Waals surface area contributed by atoms with E-state index in [0.717, 1.165) is 18.2 Å². The molecule has 1 fully saturated rings. The molecule has 0 heterocycles. The van der Waals surface area contributed by atoms with Crippen LogP contribution in [0.15, 0.2) is 18.2 Å². The fourth-order valence-corrected chi connectivity index (χ4v) is 2.07. The van der Waals surface area contributed by atoms with Gasteiger partial charge in [-0.3, -0.25) is 4.79 Å². The van der Waals surface area contributed by atoms with E-state index in [0.29, 0.717) is 12.8 Å². The molecule has 1 amide bonds. The summed E-state index contributed by atoms with van der Waals surface area (Å²) in [5, 5.41) is 2.65. The van der Waals surface area contributed by atoms with Gasteiger partial charge in [0.2, 0.25) is 0 Å². The van der Waals surface area contributed by atoms with E-state index in [1.807, 2.05) is 0 Å². The first-order chi connectivity index (χ1) is 9.31. The third kappa shape index (κ3) is 3.04. The van der Waals surface area contributed by atoms with E-state index in [1.54, 1.807) is 7.11 Å². The van der Waals surface area contributed by atoms with E-state index < -0.39 is 17.6 Å². The molecule has 1 aliphatic rings. The molecule has 0 saturated heterocycles. The molecular weight excluding hydrogens is 273 g/mol. The number of carbonyl (C=O) groups is 1. The summed E-state index contributed by atoms with van der Waals surface area (Å²) in [5.74, 6) is -0.590. The van der Waals surface area contributed by atoms with Gasteiger partial charge in [0.1, 0.15) is 0 Å². The number of alkyl halides is 3. The summed E-state index contributed by atoms with van der Waals surface area (Å²) in [6.45, 7) is 0. The van der Waals surface area contributed by atoms with Gasteiger partial charge < -0.3 is 15.8 Å². The van der Waals surface area contributed by atoms with Gasteiger partial charge in [-0.2, -0.15) is 13.2 Å². The molecule has 0 atom stereocenters. The van der Waals surface area contributed by atoms with E-state index in [1.165, 1.54) is 0 Å². The SMILES string of the molecule is COC1CC(NC(=O)c2cc(C(F)(F)F)ccc2N)C1. The Balaban J connectivity index is 2.09. The Morgan fingerprint density at radius 2 is 2.05 bits per heavy atom. The Bertz CT molecular complexity index is 511. The van der Waals surface area contributed by atoms with Crippen molar-refractivity contribution in [3.63, 3.8) is 0 Å². The molecule has 110 valence electrons. The van der Waals surface area contributed by atoms with Crippen molar-refractivity contribution < 1.29 is 22.7 Å². The van der Waals surface area contributed by atoms with Crippen molar-refractivity contribution in [1.82, 2.24) is 5.32 Å². The highest BCUT2D eigenvalue weighted by molar-refractivity contribution is 5.99. The molecule has 0 spiro atoms. The number of ether oxygens (including phenoxy) is 1. The molecule has 1 aromatic rings. The van der Waals surface area contributed by atoms with Crippen molar-refractivity contribution in [1.29, 1.82) is 0 Å². The van der Waals surface area contributed by atoms with Crippen LogP contribution in [0.5, 0.6) is 0 Å². The number of methoxy groups -OCH3 is 1. The zero-order chi connectivity index (χ0) is 14.9. The molecule has 0 radical (unpaired) electrons. The number of amides is 1. The lowest BCUT2D eigenvalue weighted by atomic mass is 9.89. The normalized spacial score (nSPS) is 22.2. The average Bonchev–Trinajstić information content (AvgIpc) is 2.31. The van der Waals surface area contributed by atoms with E-state index in [4.69, 9.17) is 10.5 Å². The number of nitrogens with two attached hydrogens (primary N) is 1. The van der Waals surface area contributed by atoms with Crippen LogP contribution in [-0.4, -0.2) is 25.2 Å². The van der Waals surface area contributed by atoms with Crippen LogP contribution in [0, 0.1) is 0 Å². The number of halogens is 3. The van der Waals surface area contributed by atoms with E-state index in [9.17, 15) is 18.0 Å². The molecule has 20 heavy (non-hydrogen) atoms. The van der Waals surface area contributed by atoms with Crippen molar-refractivity contribution in [3.8, 4) is 0 Å². The van der Waals surface area contributed by atoms with Crippen molar-refractivity contribution in [3.05, 3.63) is 29.3 Å². The fraction of sp³-hybridized carbons (Fsp3) is 0.462. The Hall–Kier alpha value is -1.76. The number of benzene rings is 1. The summed E-state index contributed by atoms with van der Waals surface area (Å²) in [7, 11) is 1.58. The van der Waals surface area contributed by atoms with E-state index in [2.05, 4.69) is 5.32 Å². The van der Waals surface area contributed by atoms with Crippen LogP contribution >= 0.6 is 0 Å². The zero-order valence-corrected chi connectivity index (χ0v) is 10.8. The topological polar surface area (TPSA) is 64.3 Å². The highest BCUT2D eigenvalue weighted by atomic mass is 19.4. The maximum atomic E-state index is 12.6. The van der Waals surface area contributed by atoms with Gasteiger partial charge in [0.05, 0.1) is 17.2 Å². The highest BCUT2D eigenvalue weighted by Gasteiger charge is 2.33. The Labute approximate surface area is 114 Å². The molecule has 7 heteroatoms. The number of nitrogens with one attached hydrogen (secondary N) is 1. The molecule has 3 N–H and O–H groups in total. The predicted octanol–water partition coefficient (Wildman–Crippen LogP) is 2.19. The fourth-order valence-electron chi connectivity index (χ4n) is 2.07. The summed E-state index contributed by atoms with van der Waals surface area (Å²) in [4.78, 5) is 11.9. The van der Waals surface area contributed by atoms with E-state index >= 15 is 0 Å². The van der Waals surface area contributed by atoms with Crippen LogP contribution in [0.2, 0.25) is 0 Å². The number of hydrogen-bond acceptors (Lipinski definition) is 3. The molecule has 2 rings (SSSR count). The third-order valence-electron chi connectivity index (χ3n) is 3.39. The van der Waals surface area contributed by atoms with Gasteiger partial charge in [0.15, 0.2) is 0 Å². The minimum atomic E-state index is -4.50. The van der Waals surface area contributed by atoms with Gasteiger partial charge in [0.25, 0.3) is 5.91 Å². The molecule has 0 bridgehead atoms. The molecule has 1 aromatic carbocycles. The van der Waals surface area contributed by atoms with E-state index in [-0.39, 0.29) is 23.4 Å². The largest absolute Gasteiger partial charge is 0.416 e. The molecule has 4 nitrogen and oxygen atoms in total. The van der Waals surface area contributed by atoms with Crippen LogP contribution in [0.1, 0.15) is 28.8 Å². The lowest BCUT2D eigenvalue weighted by Crippen LogP contribution is -2.47. The van der Waals surface area contributed by atoms with Crippen LogP contribution in [0.4, 0.5) is 18.9 Å². The third-order valence-corrected chi connectivity index (χ3v) is 3.39. The number of anilines is 1.